The topological polar surface area (TPSA) is 63.7 Å². The predicted octanol–water partition coefficient (Wildman–Crippen LogP) is 6.83. The number of amides is 1. The number of carbonyl (C=O) groups is 1. The van der Waals surface area contributed by atoms with Gasteiger partial charge in [-0.1, -0.05) is 79.5 Å². The molecule has 1 saturated heterocycles. The number of rotatable bonds is 11. The van der Waals surface area contributed by atoms with Crippen LogP contribution in [0, 0.1) is 0 Å². The normalized spacial score (nSPS) is 17.0. The SMILES string of the molecule is CCCCCCCOc1c(Cl)cc(C(=O)N(Cc2cccc(Cl)c2)C2CCS(=O)(=O)C2)cc1Cl. The maximum absolute atomic E-state index is 13.5. The number of nitrogens with zero attached hydrogens (tertiary/aromatic N) is 1. The van der Waals surface area contributed by atoms with Crippen LogP contribution in [0.3, 0.4) is 0 Å². The van der Waals surface area contributed by atoms with E-state index in [1.807, 2.05) is 6.07 Å². The second-order valence-electron chi connectivity index (χ2n) is 8.65. The lowest BCUT2D eigenvalue weighted by atomic mass is 10.1. The molecule has 0 spiro atoms. The van der Waals surface area contributed by atoms with Crippen molar-refractivity contribution in [2.75, 3.05) is 18.1 Å². The molecule has 0 saturated carbocycles. The molecule has 1 aliphatic heterocycles. The molecule has 3 rings (SSSR count). The van der Waals surface area contributed by atoms with E-state index in [9.17, 15) is 13.2 Å². The minimum absolute atomic E-state index is 0.0591. The molecule has 2 aromatic rings. The van der Waals surface area contributed by atoms with E-state index in [2.05, 4.69) is 6.92 Å². The summed E-state index contributed by atoms with van der Waals surface area (Å²) in [7, 11) is -3.19. The van der Waals surface area contributed by atoms with Crippen LogP contribution >= 0.6 is 34.8 Å². The first kappa shape index (κ1) is 27.1. The van der Waals surface area contributed by atoms with Crippen molar-refractivity contribution >= 4 is 50.5 Å². The van der Waals surface area contributed by atoms with Crippen LogP contribution in [0.5, 0.6) is 5.75 Å². The number of halogens is 3. The molecular weight excluding hydrogens is 517 g/mol. The van der Waals surface area contributed by atoms with Crippen molar-refractivity contribution in [2.45, 2.75) is 58.0 Å². The van der Waals surface area contributed by atoms with Gasteiger partial charge < -0.3 is 9.64 Å². The Morgan fingerprint density at radius 3 is 2.38 bits per heavy atom. The van der Waals surface area contributed by atoms with Crippen molar-refractivity contribution in [1.82, 2.24) is 4.90 Å². The van der Waals surface area contributed by atoms with Crippen LogP contribution in [0.4, 0.5) is 0 Å². The average molecular weight is 547 g/mol. The highest BCUT2D eigenvalue weighted by atomic mass is 35.5. The van der Waals surface area contributed by atoms with E-state index in [0.717, 1.165) is 24.8 Å². The molecule has 9 heteroatoms. The largest absolute Gasteiger partial charge is 0.490 e. The number of hydrogen-bond donors (Lipinski definition) is 0. The van der Waals surface area contributed by atoms with Gasteiger partial charge in [0.15, 0.2) is 15.6 Å². The zero-order valence-corrected chi connectivity index (χ0v) is 22.3. The lowest BCUT2D eigenvalue weighted by Gasteiger charge is -2.29. The smallest absolute Gasteiger partial charge is 0.254 e. The molecule has 5 nitrogen and oxygen atoms in total. The van der Waals surface area contributed by atoms with Gasteiger partial charge in [0, 0.05) is 23.2 Å². The van der Waals surface area contributed by atoms with Crippen molar-refractivity contribution < 1.29 is 17.9 Å². The summed E-state index contributed by atoms with van der Waals surface area (Å²) in [6.45, 7) is 2.89. The quantitative estimate of drug-likeness (QED) is 0.290. The molecule has 1 heterocycles. The van der Waals surface area contributed by atoms with Gasteiger partial charge in [0.25, 0.3) is 5.91 Å². The van der Waals surface area contributed by atoms with Gasteiger partial charge in [0.1, 0.15) is 0 Å². The Morgan fingerprint density at radius 1 is 1.06 bits per heavy atom. The summed E-state index contributed by atoms with van der Waals surface area (Å²) in [6.07, 6.45) is 5.89. The fraction of sp³-hybridized carbons (Fsp3) is 0.480. The van der Waals surface area contributed by atoms with Crippen LogP contribution < -0.4 is 4.74 Å². The maximum atomic E-state index is 13.5. The Hall–Kier alpha value is -1.47. The van der Waals surface area contributed by atoms with E-state index >= 15 is 0 Å². The summed E-state index contributed by atoms with van der Waals surface area (Å²) in [4.78, 5) is 15.1. The molecule has 0 bridgehead atoms. The highest BCUT2D eigenvalue weighted by Crippen LogP contribution is 2.35. The molecule has 1 fully saturated rings. The average Bonchev–Trinajstić information content (AvgIpc) is 3.14. The summed E-state index contributed by atoms with van der Waals surface area (Å²) >= 11 is 19.0. The Balaban J connectivity index is 1.78. The summed E-state index contributed by atoms with van der Waals surface area (Å²) in [5.74, 6) is 0.0148. The summed E-state index contributed by atoms with van der Waals surface area (Å²) in [6, 6.07) is 9.81. The van der Waals surface area contributed by atoms with Crippen molar-refractivity contribution in [1.29, 1.82) is 0 Å². The molecule has 0 aromatic heterocycles. The van der Waals surface area contributed by atoms with Crippen molar-refractivity contribution in [3.05, 3.63) is 62.6 Å². The van der Waals surface area contributed by atoms with E-state index in [1.54, 1.807) is 23.1 Å². The molecule has 1 aliphatic rings. The molecule has 0 N–H and O–H groups in total. The van der Waals surface area contributed by atoms with Crippen molar-refractivity contribution in [3.63, 3.8) is 0 Å². The minimum atomic E-state index is -3.19. The number of sulfone groups is 1. The third-order valence-corrected chi connectivity index (χ3v) is 8.44. The van der Waals surface area contributed by atoms with Crippen LogP contribution in [0.25, 0.3) is 0 Å². The van der Waals surface area contributed by atoms with Gasteiger partial charge in [0.05, 0.1) is 28.2 Å². The zero-order valence-electron chi connectivity index (χ0n) is 19.2. The van der Waals surface area contributed by atoms with E-state index in [0.29, 0.717) is 23.8 Å². The monoisotopic (exact) mass is 545 g/mol. The molecule has 1 amide bonds. The summed E-state index contributed by atoms with van der Waals surface area (Å²) in [5, 5.41) is 1.06. The number of benzene rings is 2. The second kappa shape index (κ2) is 12.5. The minimum Gasteiger partial charge on any atom is -0.490 e. The molecule has 1 atom stereocenters. The lowest BCUT2D eigenvalue weighted by molar-refractivity contribution is 0.0681. The number of carbonyl (C=O) groups excluding carboxylic acids is 1. The Labute approximate surface area is 217 Å². The first-order valence-electron chi connectivity index (χ1n) is 11.6. The van der Waals surface area contributed by atoms with Gasteiger partial charge in [-0.2, -0.15) is 0 Å². The van der Waals surface area contributed by atoms with Crippen LogP contribution in [-0.4, -0.2) is 43.4 Å². The molecular formula is C25H30Cl3NO4S. The fourth-order valence-corrected chi connectivity index (χ4v) is 6.63. The molecule has 0 aliphatic carbocycles. The number of ether oxygens (including phenoxy) is 1. The Morgan fingerprint density at radius 2 is 1.76 bits per heavy atom. The summed E-state index contributed by atoms with van der Waals surface area (Å²) in [5.41, 5.74) is 1.10. The van der Waals surface area contributed by atoms with E-state index in [-0.39, 0.29) is 39.6 Å². The van der Waals surface area contributed by atoms with Crippen LogP contribution in [0.1, 0.15) is 61.4 Å². The maximum Gasteiger partial charge on any atom is 0.254 e. The first-order chi connectivity index (χ1) is 16.2. The van der Waals surface area contributed by atoms with E-state index < -0.39 is 15.9 Å². The van der Waals surface area contributed by atoms with Crippen molar-refractivity contribution in [2.24, 2.45) is 0 Å². The van der Waals surface area contributed by atoms with Gasteiger partial charge in [-0.15, -0.1) is 0 Å². The first-order valence-corrected chi connectivity index (χ1v) is 14.5. The fourth-order valence-electron chi connectivity index (χ4n) is 4.09. The number of hydrogen-bond acceptors (Lipinski definition) is 4. The second-order valence-corrected chi connectivity index (χ2v) is 12.1. The van der Waals surface area contributed by atoms with Crippen LogP contribution in [-0.2, 0) is 16.4 Å². The Kier molecular flexibility index (Phi) is 9.95. The van der Waals surface area contributed by atoms with Crippen LogP contribution in [0.2, 0.25) is 15.1 Å². The summed E-state index contributed by atoms with van der Waals surface area (Å²) < 4.78 is 30.1. The van der Waals surface area contributed by atoms with Crippen molar-refractivity contribution in [3.8, 4) is 5.75 Å². The van der Waals surface area contributed by atoms with Gasteiger partial charge in [-0.25, -0.2) is 8.42 Å². The zero-order chi connectivity index (χ0) is 24.7. The third-order valence-electron chi connectivity index (χ3n) is 5.89. The number of unbranched alkanes of at least 4 members (excludes halogenated alkanes) is 4. The highest BCUT2D eigenvalue weighted by molar-refractivity contribution is 7.91. The third kappa shape index (κ3) is 7.51. The molecule has 2 aromatic carbocycles. The van der Waals surface area contributed by atoms with E-state index in [4.69, 9.17) is 39.5 Å². The standard InChI is InChI=1S/C25H30Cl3NO4S/c1-2-3-4-5-6-11-33-24-22(27)14-19(15-23(24)28)25(30)29(21-10-12-34(31,32)17-21)16-18-8-7-9-20(26)13-18/h7-9,13-15,21H,2-6,10-12,16-17H2,1H3. The Bertz CT molecular complexity index is 1080. The predicted molar refractivity (Wildman–Crippen MR) is 139 cm³/mol. The van der Waals surface area contributed by atoms with Crippen LogP contribution in [0.15, 0.2) is 36.4 Å². The van der Waals surface area contributed by atoms with Gasteiger partial charge in [0.2, 0.25) is 0 Å². The molecule has 34 heavy (non-hydrogen) atoms. The van der Waals surface area contributed by atoms with Gasteiger partial charge in [-0.05, 0) is 42.7 Å². The van der Waals surface area contributed by atoms with Gasteiger partial charge in [-0.3, -0.25) is 4.79 Å². The molecule has 186 valence electrons. The molecule has 1 unspecified atom stereocenters. The molecule has 0 radical (unpaired) electrons. The highest BCUT2D eigenvalue weighted by Gasteiger charge is 2.35. The van der Waals surface area contributed by atoms with Gasteiger partial charge >= 0.3 is 0 Å². The lowest BCUT2D eigenvalue weighted by Crippen LogP contribution is -2.40. The van der Waals surface area contributed by atoms with E-state index in [1.165, 1.54) is 25.0 Å².